The Balaban J connectivity index is 0.00000155. The minimum Gasteiger partial charge on any atom is -0.496 e. The molecule has 0 unspecified atom stereocenters. The molecule has 0 aliphatic carbocycles. The van der Waals surface area contributed by atoms with E-state index in [2.05, 4.69) is 76.7 Å². The SMILES string of the molecule is CCc1cc(C)n(CC(=O)N2CCC(c3ccnc(-c4cc(C(C)(C)C)c(OC)c(C(C)(C)C)c4)n3)CC2)n1.O=CO. The highest BCUT2D eigenvalue weighted by Crippen LogP contribution is 2.42. The molecule has 1 aliphatic heterocycles. The summed E-state index contributed by atoms with van der Waals surface area (Å²) in [6.07, 6.45) is 4.53. The Bertz CT molecular complexity index is 1340. The molecule has 0 atom stereocenters. The number of carbonyl (C=O) groups is 2. The molecule has 3 aromatic rings. The van der Waals surface area contributed by atoms with Crippen molar-refractivity contribution in [3.63, 3.8) is 0 Å². The van der Waals surface area contributed by atoms with Gasteiger partial charge in [0.2, 0.25) is 5.91 Å². The van der Waals surface area contributed by atoms with Crippen molar-refractivity contribution in [3.05, 3.63) is 58.7 Å². The van der Waals surface area contributed by atoms with E-state index in [-0.39, 0.29) is 23.2 Å². The van der Waals surface area contributed by atoms with Crippen molar-refractivity contribution in [1.82, 2.24) is 24.6 Å². The monoisotopic (exact) mass is 577 g/mol. The molecule has 1 saturated heterocycles. The molecule has 3 heterocycles. The quantitative estimate of drug-likeness (QED) is 0.362. The Morgan fingerprint density at radius 1 is 1.07 bits per heavy atom. The molecule has 9 heteroatoms. The third kappa shape index (κ3) is 7.75. The Morgan fingerprint density at radius 3 is 2.12 bits per heavy atom. The fourth-order valence-electron chi connectivity index (χ4n) is 5.40. The number of piperidine rings is 1. The number of carbonyl (C=O) groups excluding carboxylic acids is 1. The number of aryl methyl sites for hydroxylation is 2. The van der Waals surface area contributed by atoms with E-state index in [0.29, 0.717) is 12.5 Å². The highest BCUT2D eigenvalue weighted by molar-refractivity contribution is 5.76. The van der Waals surface area contributed by atoms with Crippen LogP contribution in [0.15, 0.2) is 30.5 Å². The number of hydrogen-bond donors (Lipinski definition) is 1. The van der Waals surface area contributed by atoms with Crippen molar-refractivity contribution in [2.75, 3.05) is 20.2 Å². The van der Waals surface area contributed by atoms with Gasteiger partial charge in [-0.3, -0.25) is 14.3 Å². The van der Waals surface area contributed by atoms with E-state index < -0.39 is 0 Å². The summed E-state index contributed by atoms with van der Waals surface area (Å²) < 4.78 is 7.77. The number of ether oxygens (including phenoxy) is 1. The van der Waals surface area contributed by atoms with Crippen molar-refractivity contribution in [2.24, 2.45) is 0 Å². The summed E-state index contributed by atoms with van der Waals surface area (Å²) in [7, 11) is 1.76. The van der Waals surface area contributed by atoms with E-state index in [4.69, 9.17) is 19.6 Å². The second-order valence-corrected chi connectivity index (χ2v) is 13.0. The molecule has 0 saturated carbocycles. The van der Waals surface area contributed by atoms with Gasteiger partial charge in [-0.1, -0.05) is 48.5 Å². The maximum atomic E-state index is 13.0. The lowest BCUT2D eigenvalue weighted by molar-refractivity contribution is -0.133. The van der Waals surface area contributed by atoms with Gasteiger partial charge in [-0.15, -0.1) is 0 Å². The van der Waals surface area contributed by atoms with Crippen LogP contribution >= 0.6 is 0 Å². The van der Waals surface area contributed by atoms with E-state index in [1.807, 2.05) is 28.8 Å². The van der Waals surface area contributed by atoms with E-state index in [0.717, 1.165) is 77.7 Å². The second-order valence-electron chi connectivity index (χ2n) is 13.0. The number of methoxy groups -OCH3 is 1. The molecule has 0 bridgehead atoms. The fourth-order valence-corrected chi connectivity index (χ4v) is 5.40. The third-order valence-electron chi connectivity index (χ3n) is 7.79. The van der Waals surface area contributed by atoms with Crippen LogP contribution in [0, 0.1) is 6.92 Å². The Morgan fingerprint density at radius 2 is 1.64 bits per heavy atom. The van der Waals surface area contributed by atoms with Crippen molar-refractivity contribution in [3.8, 4) is 17.1 Å². The largest absolute Gasteiger partial charge is 0.496 e. The highest BCUT2D eigenvalue weighted by Gasteiger charge is 2.29. The third-order valence-corrected chi connectivity index (χ3v) is 7.79. The summed E-state index contributed by atoms with van der Waals surface area (Å²) in [4.78, 5) is 33.1. The molecule has 0 radical (unpaired) electrons. The number of hydrogen-bond acceptors (Lipinski definition) is 6. The Kier molecular flexibility index (Phi) is 10.5. The summed E-state index contributed by atoms with van der Waals surface area (Å²) in [5.41, 5.74) is 6.26. The van der Waals surface area contributed by atoms with Gasteiger partial charge in [0, 0.05) is 53.3 Å². The van der Waals surface area contributed by atoms with Crippen LogP contribution in [-0.4, -0.2) is 62.3 Å². The topological polar surface area (TPSA) is 110 Å². The zero-order chi connectivity index (χ0) is 31.2. The first kappa shape index (κ1) is 32.8. The van der Waals surface area contributed by atoms with E-state index in [1.54, 1.807) is 7.11 Å². The van der Waals surface area contributed by atoms with Gasteiger partial charge in [-0.2, -0.15) is 5.10 Å². The number of aromatic nitrogens is 4. The minimum absolute atomic E-state index is 0.0921. The van der Waals surface area contributed by atoms with Crippen LogP contribution < -0.4 is 4.74 Å². The summed E-state index contributed by atoms with van der Waals surface area (Å²) in [6.45, 7) is 18.9. The van der Waals surface area contributed by atoms with E-state index in [1.165, 1.54) is 0 Å². The number of nitrogens with zero attached hydrogens (tertiary/aromatic N) is 5. The highest BCUT2D eigenvalue weighted by atomic mass is 16.5. The standard InChI is InChI=1S/C32H45N5O2.CH2O2/c1-10-24-17-21(2)37(35-24)20-28(38)36-15-12-22(13-16-36)27-11-14-33-30(34-27)23-18-25(31(3,4)5)29(39-9)26(19-23)32(6,7)8;2-1-3/h11,14,17-19,22H,10,12-13,15-16,20H2,1-9H3;1H,(H,2,3). The maximum Gasteiger partial charge on any atom is 0.290 e. The van der Waals surface area contributed by atoms with Gasteiger partial charge in [0.15, 0.2) is 5.82 Å². The molecule has 42 heavy (non-hydrogen) atoms. The number of carboxylic acid groups (broad SMARTS) is 1. The summed E-state index contributed by atoms with van der Waals surface area (Å²) in [5.74, 6) is 2.12. The van der Waals surface area contributed by atoms with Crippen molar-refractivity contribution in [2.45, 2.75) is 97.9 Å². The zero-order valence-electron chi connectivity index (χ0n) is 26.7. The molecule has 9 nitrogen and oxygen atoms in total. The predicted molar refractivity (Wildman–Crippen MR) is 165 cm³/mol. The lowest BCUT2D eigenvalue weighted by Gasteiger charge is -2.32. The second kappa shape index (κ2) is 13.5. The number of benzene rings is 1. The number of likely N-dealkylation sites (tertiary alicyclic amines) is 1. The van der Waals surface area contributed by atoms with Crippen LogP contribution in [0.5, 0.6) is 5.75 Å². The van der Waals surface area contributed by atoms with Crippen LogP contribution in [0.1, 0.15) is 95.4 Å². The first-order chi connectivity index (χ1) is 19.7. The van der Waals surface area contributed by atoms with Crippen LogP contribution in [0.25, 0.3) is 11.4 Å². The van der Waals surface area contributed by atoms with Gasteiger partial charge in [-0.05, 0) is 61.3 Å². The Labute approximate surface area is 250 Å². The van der Waals surface area contributed by atoms with Crippen LogP contribution in [0.4, 0.5) is 0 Å². The van der Waals surface area contributed by atoms with Crippen LogP contribution in [0.2, 0.25) is 0 Å². The van der Waals surface area contributed by atoms with Gasteiger partial charge in [0.05, 0.1) is 12.8 Å². The van der Waals surface area contributed by atoms with Gasteiger partial charge < -0.3 is 14.7 Å². The minimum atomic E-state index is -0.250. The molecule has 4 rings (SSSR count). The smallest absolute Gasteiger partial charge is 0.290 e. The van der Waals surface area contributed by atoms with Crippen molar-refractivity contribution in [1.29, 1.82) is 0 Å². The van der Waals surface area contributed by atoms with Gasteiger partial charge >= 0.3 is 0 Å². The van der Waals surface area contributed by atoms with Crippen LogP contribution in [0.3, 0.4) is 0 Å². The number of amides is 1. The fraction of sp³-hybridized carbons (Fsp3) is 0.545. The molecule has 1 N–H and O–H groups in total. The van der Waals surface area contributed by atoms with Gasteiger partial charge in [-0.25, -0.2) is 9.97 Å². The maximum absolute atomic E-state index is 13.0. The average molecular weight is 578 g/mol. The first-order valence-electron chi connectivity index (χ1n) is 14.7. The van der Waals surface area contributed by atoms with E-state index >= 15 is 0 Å². The summed E-state index contributed by atoms with van der Waals surface area (Å²) in [5, 5.41) is 11.5. The molecule has 1 fully saturated rings. The first-order valence-corrected chi connectivity index (χ1v) is 14.7. The van der Waals surface area contributed by atoms with Gasteiger partial charge in [0.25, 0.3) is 6.47 Å². The molecule has 228 valence electrons. The van der Waals surface area contributed by atoms with E-state index in [9.17, 15) is 4.79 Å². The van der Waals surface area contributed by atoms with Gasteiger partial charge in [0.1, 0.15) is 12.3 Å². The summed E-state index contributed by atoms with van der Waals surface area (Å²) >= 11 is 0. The lowest BCUT2D eigenvalue weighted by Crippen LogP contribution is -2.40. The molecule has 2 aromatic heterocycles. The molecular formula is C33H47N5O4. The molecule has 1 amide bonds. The normalized spacial score (nSPS) is 14.3. The molecule has 1 aromatic carbocycles. The Hall–Kier alpha value is -3.75. The molecule has 0 spiro atoms. The lowest BCUT2D eigenvalue weighted by atomic mass is 9.78. The number of rotatable bonds is 6. The van der Waals surface area contributed by atoms with Crippen molar-refractivity contribution < 1.29 is 19.4 Å². The predicted octanol–water partition coefficient (Wildman–Crippen LogP) is 5.92. The molecular weight excluding hydrogens is 530 g/mol. The average Bonchev–Trinajstić information content (AvgIpc) is 3.30. The molecule has 1 aliphatic rings. The van der Waals surface area contributed by atoms with Crippen LogP contribution in [-0.2, 0) is 33.4 Å². The zero-order valence-corrected chi connectivity index (χ0v) is 26.7. The van der Waals surface area contributed by atoms with Crippen molar-refractivity contribution >= 4 is 12.4 Å². The summed E-state index contributed by atoms with van der Waals surface area (Å²) in [6, 6.07) is 8.47.